The van der Waals surface area contributed by atoms with Gasteiger partial charge in [0.25, 0.3) is 0 Å². The van der Waals surface area contributed by atoms with E-state index in [0.717, 1.165) is 24.3 Å². The van der Waals surface area contributed by atoms with Crippen LogP contribution in [0.3, 0.4) is 0 Å². The average molecular weight is 247 g/mol. The van der Waals surface area contributed by atoms with E-state index in [9.17, 15) is 4.79 Å². The summed E-state index contributed by atoms with van der Waals surface area (Å²) in [5.41, 5.74) is 2.25. The van der Waals surface area contributed by atoms with Crippen LogP contribution in [0.4, 0.5) is 0 Å². The third-order valence-electron chi connectivity index (χ3n) is 3.15. The van der Waals surface area contributed by atoms with E-state index in [4.69, 9.17) is 0 Å². The number of amides is 1. The number of rotatable bonds is 2. The fourth-order valence-electron chi connectivity index (χ4n) is 2.00. The zero-order chi connectivity index (χ0) is 13.2. The molecular formula is C14H21N3O. The number of nitrogens with zero attached hydrogens (tertiary/aromatic N) is 2. The van der Waals surface area contributed by atoms with Crippen molar-refractivity contribution in [2.45, 2.75) is 32.7 Å². The molecule has 1 amide bonds. The summed E-state index contributed by atoms with van der Waals surface area (Å²) in [5.74, 6) is 0.168. The van der Waals surface area contributed by atoms with Crippen LogP contribution in [0.25, 0.3) is 0 Å². The molecule has 0 atom stereocenters. The van der Waals surface area contributed by atoms with E-state index in [0.29, 0.717) is 13.1 Å². The lowest BCUT2D eigenvalue weighted by molar-refractivity contribution is -0.132. The standard InChI is InChI=1S/C14H21N3O/c1-14(2,3)12-5-4-11(8-16-12)10-17-7-6-15-9-13(17)18/h4-5,8,15H,6-7,9-10H2,1-3H3. The van der Waals surface area contributed by atoms with Gasteiger partial charge in [-0.25, -0.2) is 0 Å². The summed E-state index contributed by atoms with van der Waals surface area (Å²) in [6, 6.07) is 4.13. The van der Waals surface area contributed by atoms with E-state index in [1.165, 1.54) is 0 Å². The highest BCUT2D eigenvalue weighted by Crippen LogP contribution is 2.20. The molecule has 0 bridgehead atoms. The summed E-state index contributed by atoms with van der Waals surface area (Å²) in [6.07, 6.45) is 1.88. The maximum Gasteiger partial charge on any atom is 0.236 e. The topological polar surface area (TPSA) is 45.2 Å². The minimum Gasteiger partial charge on any atom is -0.336 e. The first-order valence-corrected chi connectivity index (χ1v) is 6.41. The Bertz CT molecular complexity index is 420. The second-order valence-electron chi connectivity index (χ2n) is 5.79. The predicted octanol–water partition coefficient (Wildman–Crippen LogP) is 1.31. The van der Waals surface area contributed by atoms with Gasteiger partial charge in [0.1, 0.15) is 0 Å². The Morgan fingerprint density at radius 2 is 2.17 bits per heavy atom. The number of nitrogens with one attached hydrogen (secondary N) is 1. The highest BCUT2D eigenvalue weighted by molar-refractivity contribution is 5.78. The Kier molecular flexibility index (Phi) is 3.66. The highest BCUT2D eigenvalue weighted by Gasteiger charge is 2.18. The number of carbonyl (C=O) groups is 1. The molecule has 1 N–H and O–H groups in total. The number of hydrogen-bond acceptors (Lipinski definition) is 3. The smallest absolute Gasteiger partial charge is 0.236 e. The summed E-state index contributed by atoms with van der Waals surface area (Å²) < 4.78 is 0. The van der Waals surface area contributed by atoms with Crippen molar-refractivity contribution in [2.24, 2.45) is 0 Å². The monoisotopic (exact) mass is 247 g/mol. The van der Waals surface area contributed by atoms with Crippen molar-refractivity contribution in [3.05, 3.63) is 29.6 Å². The molecule has 2 rings (SSSR count). The molecule has 1 aromatic rings. The van der Waals surface area contributed by atoms with Crippen LogP contribution >= 0.6 is 0 Å². The molecule has 0 saturated carbocycles. The number of aromatic nitrogens is 1. The van der Waals surface area contributed by atoms with E-state index in [2.05, 4.69) is 43.2 Å². The Morgan fingerprint density at radius 1 is 1.39 bits per heavy atom. The second-order valence-corrected chi connectivity index (χ2v) is 5.79. The van der Waals surface area contributed by atoms with Gasteiger partial charge in [-0.1, -0.05) is 26.8 Å². The quantitative estimate of drug-likeness (QED) is 0.857. The van der Waals surface area contributed by atoms with Crippen molar-refractivity contribution >= 4 is 5.91 Å². The molecule has 18 heavy (non-hydrogen) atoms. The second kappa shape index (κ2) is 5.06. The average Bonchev–Trinajstić information content (AvgIpc) is 2.32. The van der Waals surface area contributed by atoms with Gasteiger partial charge in [0.2, 0.25) is 5.91 Å². The first-order chi connectivity index (χ1) is 8.47. The minimum atomic E-state index is 0.0728. The molecule has 1 fully saturated rings. The third kappa shape index (κ3) is 3.07. The fraction of sp³-hybridized carbons (Fsp3) is 0.571. The SMILES string of the molecule is CC(C)(C)c1ccc(CN2CCNCC2=O)cn1. The van der Waals surface area contributed by atoms with Crippen molar-refractivity contribution in [3.8, 4) is 0 Å². The molecule has 2 heterocycles. The lowest BCUT2D eigenvalue weighted by Crippen LogP contribution is -2.47. The van der Waals surface area contributed by atoms with Gasteiger partial charge < -0.3 is 10.2 Å². The van der Waals surface area contributed by atoms with Gasteiger partial charge in [-0.2, -0.15) is 0 Å². The molecule has 98 valence electrons. The summed E-state index contributed by atoms with van der Waals surface area (Å²) >= 11 is 0. The molecule has 1 aromatic heterocycles. The maximum atomic E-state index is 11.7. The molecule has 0 unspecified atom stereocenters. The first-order valence-electron chi connectivity index (χ1n) is 6.41. The molecule has 0 radical (unpaired) electrons. The minimum absolute atomic E-state index is 0.0728. The van der Waals surface area contributed by atoms with Gasteiger partial charge in [0.05, 0.1) is 6.54 Å². The largest absolute Gasteiger partial charge is 0.336 e. The summed E-state index contributed by atoms with van der Waals surface area (Å²) in [5, 5.41) is 3.07. The van der Waals surface area contributed by atoms with Crippen LogP contribution in [0.1, 0.15) is 32.0 Å². The molecule has 4 nitrogen and oxygen atoms in total. The third-order valence-corrected chi connectivity index (χ3v) is 3.15. The number of pyridine rings is 1. The van der Waals surface area contributed by atoms with Crippen molar-refractivity contribution in [2.75, 3.05) is 19.6 Å². The van der Waals surface area contributed by atoms with Gasteiger partial charge in [0, 0.05) is 36.9 Å². The Labute approximate surface area is 108 Å². The lowest BCUT2D eigenvalue weighted by atomic mass is 9.91. The van der Waals surface area contributed by atoms with Gasteiger partial charge in [-0.3, -0.25) is 9.78 Å². The summed E-state index contributed by atoms with van der Waals surface area (Å²) in [7, 11) is 0. The Balaban J connectivity index is 2.04. The van der Waals surface area contributed by atoms with Gasteiger partial charge in [-0.05, 0) is 11.6 Å². The van der Waals surface area contributed by atoms with Crippen LogP contribution in [-0.4, -0.2) is 35.4 Å². The molecule has 1 aliphatic heterocycles. The Morgan fingerprint density at radius 3 is 2.72 bits per heavy atom. The van der Waals surface area contributed by atoms with Crippen molar-refractivity contribution in [1.82, 2.24) is 15.2 Å². The Hall–Kier alpha value is -1.42. The number of carbonyl (C=O) groups excluding carboxylic acids is 1. The summed E-state index contributed by atoms with van der Waals surface area (Å²) in [6.45, 7) is 9.21. The fourth-order valence-corrected chi connectivity index (χ4v) is 2.00. The first kappa shape index (κ1) is 13.0. The van der Waals surface area contributed by atoms with Crippen molar-refractivity contribution < 1.29 is 4.79 Å². The predicted molar refractivity (Wildman–Crippen MR) is 71.2 cm³/mol. The highest BCUT2D eigenvalue weighted by atomic mass is 16.2. The van der Waals surface area contributed by atoms with Crippen molar-refractivity contribution in [1.29, 1.82) is 0 Å². The van der Waals surface area contributed by atoms with Crippen LogP contribution in [0.5, 0.6) is 0 Å². The van der Waals surface area contributed by atoms with Crippen LogP contribution in [0.2, 0.25) is 0 Å². The van der Waals surface area contributed by atoms with E-state index >= 15 is 0 Å². The molecule has 0 aromatic carbocycles. The van der Waals surface area contributed by atoms with Crippen LogP contribution in [0.15, 0.2) is 18.3 Å². The molecule has 1 aliphatic rings. The van der Waals surface area contributed by atoms with Crippen LogP contribution < -0.4 is 5.32 Å². The van der Waals surface area contributed by atoms with E-state index in [1.807, 2.05) is 11.1 Å². The lowest BCUT2D eigenvalue weighted by Gasteiger charge is -2.27. The van der Waals surface area contributed by atoms with Gasteiger partial charge >= 0.3 is 0 Å². The van der Waals surface area contributed by atoms with Gasteiger partial charge in [-0.15, -0.1) is 0 Å². The van der Waals surface area contributed by atoms with Gasteiger partial charge in [0.15, 0.2) is 0 Å². The molecule has 0 spiro atoms. The van der Waals surface area contributed by atoms with E-state index in [1.54, 1.807) is 0 Å². The number of hydrogen-bond donors (Lipinski definition) is 1. The molecule has 0 aliphatic carbocycles. The number of piperazine rings is 1. The van der Waals surface area contributed by atoms with Crippen LogP contribution in [0, 0.1) is 0 Å². The van der Waals surface area contributed by atoms with E-state index in [-0.39, 0.29) is 11.3 Å². The summed E-state index contributed by atoms with van der Waals surface area (Å²) in [4.78, 5) is 18.0. The zero-order valence-corrected chi connectivity index (χ0v) is 11.4. The van der Waals surface area contributed by atoms with E-state index < -0.39 is 0 Å². The molecule has 4 heteroatoms. The maximum absolute atomic E-state index is 11.7. The zero-order valence-electron chi connectivity index (χ0n) is 11.4. The van der Waals surface area contributed by atoms with Crippen molar-refractivity contribution in [3.63, 3.8) is 0 Å². The molecular weight excluding hydrogens is 226 g/mol. The normalized spacial score (nSPS) is 17.1. The van der Waals surface area contributed by atoms with Crippen LogP contribution in [-0.2, 0) is 16.8 Å². The molecule has 1 saturated heterocycles.